The third-order valence-electron chi connectivity index (χ3n) is 3.19. The van der Waals surface area contributed by atoms with E-state index in [1.54, 1.807) is 11.3 Å². The second kappa shape index (κ2) is 7.99. The Balaban J connectivity index is 0.00000162. The fraction of sp³-hybridized carbons (Fsp3) is 0.615. The van der Waals surface area contributed by atoms with E-state index in [1.165, 1.54) is 17.7 Å². The van der Waals surface area contributed by atoms with E-state index in [1.807, 2.05) is 0 Å². The molecule has 1 fully saturated rings. The molecule has 1 atom stereocenters. The largest absolute Gasteiger partial charge is 0.370 e. The maximum absolute atomic E-state index is 6.03. The highest BCUT2D eigenvalue weighted by Crippen LogP contribution is 2.15. The van der Waals surface area contributed by atoms with Crippen LogP contribution in [0, 0.1) is 5.92 Å². The first kappa shape index (κ1) is 15.8. The molecule has 102 valence electrons. The predicted octanol–water partition coefficient (Wildman–Crippen LogP) is 2.96. The van der Waals surface area contributed by atoms with Crippen molar-refractivity contribution in [3.05, 3.63) is 22.4 Å². The minimum absolute atomic E-state index is 0. The molecular weight excluding hydrogens is 357 g/mol. The van der Waals surface area contributed by atoms with Crippen molar-refractivity contribution in [1.82, 2.24) is 4.90 Å². The molecule has 1 aromatic rings. The zero-order valence-electron chi connectivity index (χ0n) is 10.8. The average Bonchev–Trinajstić information content (AvgIpc) is 2.82. The summed E-state index contributed by atoms with van der Waals surface area (Å²) in [6.07, 6.45) is 3.56. The van der Waals surface area contributed by atoms with E-state index in [-0.39, 0.29) is 24.0 Å². The smallest absolute Gasteiger partial charge is 0.191 e. The van der Waals surface area contributed by atoms with Crippen LogP contribution in [0.15, 0.2) is 22.5 Å². The number of rotatable bonds is 3. The van der Waals surface area contributed by atoms with Crippen molar-refractivity contribution in [2.24, 2.45) is 16.6 Å². The Labute approximate surface area is 130 Å². The standard InChI is InChI=1S/C13H21N3S.HI/c1-11-4-2-8-16(10-11)13(14)15-7-6-12-5-3-9-17-12;/h3,5,9,11H,2,4,6-8,10H2,1H3,(H2,14,15);1H. The summed E-state index contributed by atoms with van der Waals surface area (Å²) in [4.78, 5) is 8.09. The molecular formula is C13H22IN3S. The summed E-state index contributed by atoms with van der Waals surface area (Å²) < 4.78 is 0. The van der Waals surface area contributed by atoms with Crippen LogP contribution < -0.4 is 5.73 Å². The topological polar surface area (TPSA) is 41.6 Å². The molecule has 0 aliphatic carbocycles. The second-order valence-electron chi connectivity index (χ2n) is 4.76. The Morgan fingerprint density at radius 2 is 2.44 bits per heavy atom. The van der Waals surface area contributed by atoms with Gasteiger partial charge in [0, 0.05) is 30.9 Å². The van der Waals surface area contributed by atoms with Gasteiger partial charge in [-0.3, -0.25) is 4.99 Å². The number of halogens is 1. The quantitative estimate of drug-likeness (QED) is 0.499. The minimum atomic E-state index is 0. The SMILES string of the molecule is CC1CCCN(C(N)=NCCc2cccs2)C1.I. The Kier molecular flexibility index (Phi) is 6.99. The molecule has 1 unspecified atom stereocenters. The first-order valence-corrected chi connectivity index (χ1v) is 7.21. The highest BCUT2D eigenvalue weighted by molar-refractivity contribution is 14.0. The zero-order chi connectivity index (χ0) is 12.1. The number of guanidine groups is 1. The van der Waals surface area contributed by atoms with Gasteiger partial charge in [-0.1, -0.05) is 13.0 Å². The molecule has 1 aliphatic rings. The van der Waals surface area contributed by atoms with Crippen molar-refractivity contribution < 1.29 is 0 Å². The molecule has 0 aromatic carbocycles. The lowest BCUT2D eigenvalue weighted by Crippen LogP contribution is -2.43. The minimum Gasteiger partial charge on any atom is -0.370 e. The molecule has 0 radical (unpaired) electrons. The monoisotopic (exact) mass is 379 g/mol. The van der Waals surface area contributed by atoms with Crippen molar-refractivity contribution in [3.63, 3.8) is 0 Å². The second-order valence-corrected chi connectivity index (χ2v) is 5.79. The van der Waals surface area contributed by atoms with Crippen LogP contribution in [0.4, 0.5) is 0 Å². The van der Waals surface area contributed by atoms with Gasteiger partial charge in [-0.25, -0.2) is 0 Å². The fourth-order valence-electron chi connectivity index (χ4n) is 2.23. The summed E-state index contributed by atoms with van der Waals surface area (Å²) in [5, 5.41) is 2.11. The Morgan fingerprint density at radius 1 is 1.61 bits per heavy atom. The average molecular weight is 379 g/mol. The van der Waals surface area contributed by atoms with Gasteiger partial charge >= 0.3 is 0 Å². The zero-order valence-corrected chi connectivity index (χ0v) is 14.0. The van der Waals surface area contributed by atoms with Crippen molar-refractivity contribution in [1.29, 1.82) is 0 Å². The number of hydrogen-bond donors (Lipinski definition) is 1. The molecule has 18 heavy (non-hydrogen) atoms. The third kappa shape index (κ3) is 4.76. The van der Waals surface area contributed by atoms with E-state index < -0.39 is 0 Å². The highest BCUT2D eigenvalue weighted by Gasteiger charge is 2.17. The lowest BCUT2D eigenvalue weighted by molar-refractivity contribution is 0.270. The third-order valence-corrected chi connectivity index (χ3v) is 4.13. The molecule has 1 aromatic heterocycles. The number of likely N-dealkylation sites (tertiary alicyclic amines) is 1. The molecule has 0 saturated carbocycles. The summed E-state index contributed by atoms with van der Waals surface area (Å²) in [5.41, 5.74) is 6.03. The van der Waals surface area contributed by atoms with Gasteiger partial charge in [0.1, 0.15) is 0 Å². The van der Waals surface area contributed by atoms with Gasteiger partial charge < -0.3 is 10.6 Å². The summed E-state index contributed by atoms with van der Waals surface area (Å²) in [5.74, 6) is 1.47. The van der Waals surface area contributed by atoms with Gasteiger partial charge in [0.25, 0.3) is 0 Å². The summed E-state index contributed by atoms with van der Waals surface area (Å²) in [7, 11) is 0. The number of piperidine rings is 1. The molecule has 1 saturated heterocycles. The van der Waals surface area contributed by atoms with E-state index in [2.05, 4.69) is 34.3 Å². The van der Waals surface area contributed by atoms with Gasteiger partial charge in [0.2, 0.25) is 0 Å². The molecule has 2 heterocycles. The van der Waals surface area contributed by atoms with Crippen molar-refractivity contribution in [2.45, 2.75) is 26.2 Å². The molecule has 0 spiro atoms. The lowest BCUT2D eigenvalue weighted by Gasteiger charge is -2.31. The number of nitrogens with zero attached hydrogens (tertiary/aromatic N) is 2. The number of aliphatic imine (C=N–C) groups is 1. The molecule has 3 nitrogen and oxygen atoms in total. The molecule has 1 aliphatic heterocycles. The molecule has 5 heteroatoms. The lowest BCUT2D eigenvalue weighted by atomic mass is 10.0. The van der Waals surface area contributed by atoms with Crippen LogP contribution >= 0.6 is 35.3 Å². The highest BCUT2D eigenvalue weighted by atomic mass is 127. The van der Waals surface area contributed by atoms with Crippen LogP contribution in [-0.4, -0.2) is 30.5 Å². The van der Waals surface area contributed by atoms with E-state index >= 15 is 0 Å². The van der Waals surface area contributed by atoms with Crippen molar-refractivity contribution >= 4 is 41.3 Å². The van der Waals surface area contributed by atoms with E-state index in [9.17, 15) is 0 Å². The van der Waals surface area contributed by atoms with Crippen molar-refractivity contribution in [2.75, 3.05) is 19.6 Å². The van der Waals surface area contributed by atoms with Gasteiger partial charge in [-0.2, -0.15) is 0 Å². The first-order valence-electron chi connectivity index (χ1n) is 6.33. The van der Waals surface area contributed by atoms with Crippen molar-refractivity contribution in [3.8, 4) is 0 Å². The Bertz CT molecular complexity index is 364. The summed E-state index contributed by atoms with van der Waals surface area (Å²) in [6, 6.07) is 4.23. The maximum atomic E-state index is 6.03. The summed E-state index contributed by atoms with van der Waals surface area (Å²) in [6.45, 7) is 5.22. The van der Waals surface area contributed by atoms with E-state index in [0.29, 0.717) is 0 Å². The van der Waals surface area contributed by atoms with Gasteiger partial charge in [-0.15, -0.1) is 35.3 Å². The molecule has 0 bridgehead atoms. The normalized spacial score (nSPS) is 20.6. The van der Waals surface area contributed by atoms with E-state index in [4.69, 9.17) is 5.73 Å². The first-order chi connectivity index (χ1) is 8.25. The number of thiophene rings is 1. The van der Waals surface area contributed by atoms with Crippen LogP contribution in [-0.2, 0) is 6.42 Å². The molecule has 2 rings (SSSR count). The van der Waals surface area contributed by atoms with Crippen LogP contribution in [0.1, 0.15) is 24.6 Å². The van der Waals surface area contributed by atoms with Gasteiger partial charge in [-0.05, 0) is 30.2 Å². The maximum Gasteiger partial charge on any atom is 0.191 e. The Hall–Kier alpha value is -0.300. The fourth-order valence-corrected chi connectivity index (χ4v) is 2.93. The summed E-state index contributed by atoms with van der Waals surface area (Å²) >= 11 is 1.79. The van der Waals surface area contributed by atoms with Crippen LogP contribution in [0.2, 0.25) is 0 Å². The molecule has 0 amide bonds. The molecule has 2 N–H and O–H groups in total. The van der Waals surface area contributed by atoms with Crippen LogP contribution in [0.5, 0.6) is 0 Å². The number of nitrogens with two attached hydrogens (primary N) is 1. The predicted molar refractivity (Wildman–Crippen MR) is 89.9 cm³/mol. The number of hydrogen-bond acceptors (Lipinski definition) is 2. The Morgan fingerprint density at radius 3 is 3.11 bits per heavy atom. The van der Waals surface area contributed by atoms with Gasteiger partial charge in [0.05, 0.1) is 0 Å². The van der Waals surface area contributed by atoms with Crippen LogP contribution in [0.3, 0.4) is 0 Å². The van der Waals surface area contributed by atoms with Crippen LogP contribution in [0.25, 0.3) is 0 Å². The van der Waals surface area contributed by atoms with E-state index in [0.717, 1.165) is 37.9 Å². The van der Waals surface area contributed by atoms with Gasteiger partial charge in [0.15, 0.2) is 5.96 Å².